The van der Waals surface area contributed by atoms with Crippen LogP contribution >= 0.6 is 0 Å². The third-order valence-corrected chi connectivity index (χ3v) is 7.49. The topological polar surface area (TPSA) is 77.2 Å². The summed E-state index contributed by atoms with van der Waals surface area (Å²) in [5, 5.41) is 3.03. The Morgan fingerprint density at radius 1 is 1.00 bits per heavy atom. The van der Waals surface area contributed by atoms with Crippen LogP contribution in [0.25, 0.3) is 11.1 Å². The van der Waals surface area contributed by atoms with Crippen molar-refractivity contribution in [3.63, 3.8) is 0 Å². The molecule has 2 atom stereocenters. The van der Waals surface area contributed by atoms with Gasteiger partial charge in [0, 0.05) is 17.8 Å². The third kappa shape index (κ3) is 3.40. The highest BCUT2D eigenvalue weighted by molar-refractivity contribution is 5.94. The van der Waals surface area contributed by atoms with Gasteiger partial charge in [0.15, 0.2) is 0 Å². The number of nitrogen functional groups attached to an aromatic ring is 1. The van der Waals surface area contributed by atoms with Crippen LogP contribution in [0.3, 0.4) is 0 Å². The summed E-state index contributed by atoms with van der Waals surface area (Å²) in [6, 6.07) is 20.4. The minimum Gasteiger partial charge on any atom is -0.384 e. The number of nitrogens with zero attached hydrogens (tertiary/aromatic N) is 1. The lowest BCUT2D eigenvalue weighted by Crippen LogP contribution is -2.26. The average molecular weight is 480 g/mol. The van der Waals surface area contributed by atoms with Crippen LogP contribution in [-0.2, 0) is 16.9 Å². The zero-order chi connectivity index (χ0) is 25.2. The Morgan fingerprint density at radius 3 is 2.50 bits per heavy atom. The van der Waals surface area contributed by atoms with Crippen molar-refractivity contribution < 1.29 is 13.9 Å². The van der Waals surface area contributed by atoms with Crippen molar-refractivity contribution in [3.8, 4) is 11.1 Å². The maximum Gasteiger partial charge on any atom is 0.251 e. The van der Waals surface area contributed by atoms with Gasteiger partial charge in [-0.15, -0.1) is 0 Å². The normalized spacial score (nSPS) is 19.2. The molecule has 0 aliphatic carbocycles. The summed E-state index contributed by atoms with van der Waals surface area (Å²) in [7, 11) is 0. The van der Waals surface area contributed by atoms with E-state index in [1.54, 1.807) is 12.1 Å². The second kappa shape index (κ2) is 8.00. The van der Waals surface area contributed by atoms with Crippen molar-refractivity contribution in [1.82, 2.24) is 10.3 Å². The number of hydrogen-bond acceptors (Lipinski definition) is 4. The number of pyridine rings is 1. The highest BCUT2D eigenvalue weighted by atomic mass is 19.1. The van der Waals surface area contributed by atoms with E-state index in [0.29, 0.717) is 17.9 Å². The summed E-state index contributed by atoms with van der Waals surface area (Å²) in [6.45, 7) is 6.31. The van der Waals surface area contributed by atoms with Crippen LogP contribution in [0, 0.1) is 19.7 Å². The molecule has 2 aliphatic heterocycles. The number of rotatable bonds is 4. The fourth-order valence-electron chi connectivity index (χ4n) is 5.60. The molecule has 6 heteroatoms. The molecular formula is C30H26FN3O2. The molecule has 0 spiro atoms. The minimum atomic E-state index is -0.624. The molecule has 2 aliphatic rings. The number of nitrogens with two attached hydrogens (primary N) is 1. The van der Waals surface area contributed by atoms with Crippen LogP contribution in [0.4, 0.5) is 10.2 Å². The number of aryl methyl sites for hydroxylation is 2. The fraction of sp³-hybridized carbons (Fsp3) is 0.200. The quantitative estimate of drug-likeness (QED) is 0.393. The highest BCUT2D eigenvalue weighted by Crippen LogP contribution is 2.58. The van der Waals surface area contributed by atoms with E-state index in [-0.39, 0.29) is 17.8 Å². The molecule has 0 fully saturated rings. The standard InChI is InChI=1S/C30H26FN3O2/c1-16-12-27(32)34-17(2)24(16)15-33-29(35)20-6-10-22-26(14-20)30(3)25-11-7-19(13-23(25)28(22)36-30)18-4-8-21(31)9-5-18/h4-14,28H,15H2,1-3H3,(H2,32,34)(H,33,35). The molecule has 1 amide bonds. The lowest BCUT2D eigenvalue weighted by Gasteiger charge is -2.25. The lowest BCUT2D eigenvalue weighted by atomic mass is 9.77. The largest absolute Gasteiger partial charge is 0.384 e. The van der Waals surface area contributed by atoms with Crippen LogP contribution in [-0.4, -0.2) is 10.9 Å². The Hall–Kier alpha value is -4.03. The Kier molecular flexibility index (Phi) is 4.99. The SMILES string of the molecule is Cc1cc(N)nc(C)c1CNC(=O)c1ccc2c(c1)C1(C)OC2c2cc(-c3ccc(F)cc3)ccc21. The maximum absolute atomic E-state index is 13.4. The highest BCUT2D eigenvalue weighted by Gasteiger charge is 2.51. The van der Waals surface area contributed by atoms with Crippen molar-refractivity contribution in [1.29, 1.82) is 0 Å². The second-order valence-corrected chi connectivity index (χ2v) is 9.75. The van der Waals surface area contributed by atoms with Gasteiger partial charge in [-0.3, -0.25) is 4.79 Å². The van der Waals surface area contributed by atoms with Crippen LogP contribution in [0.15, 0.2) is 66.7 Å². The first-order chi connectivity index (χ1) is 17.2. The molecule has 0 saturated carbocycles. The van der Waals surface area contributed by atoms with Crippen molar-refractivity contribution in [2.45, 2.75) is 39.0 Å². The molecule has 36 heavy (non-hydrogen) atoms. The van der Waals surface area contributed by atoms with E-state index in [1.165, 1.54) is 12.1 Å². The first-order valence-corrected chi connectivity index (χ1v) is 12.0. The molecule has 2 bridgehead atoms. The van der Waals surface area contributed by atoms with Gasteiger partial charge in [-0.1, -0.05) is 30.3 Å². The molecule has 1 aromatic heterocycles. The second-order valence-electron chi connectivity index (χ2n) is 9.75. The molecule has 6 rings (SSSR count). The molecule has 3 aromatic carbocycles. The molecule has 3 heterocycles. The Labute approximate surface area is 209 Å². The van der Waals surface area contributed by atoms with E-state index in [1.807, 2.05) is 44.2 Å². The number of halogens is 1. The maximum atomic E-state index is 13.4. The minimum absolute atomic E-state index is 0.147. The molecule has 4 aromatic rings. The van der Waals surface area contributed by atoms with E-state index in [2.05, 4.69) is 29.4 Å². The summed E-state index contributed by atoms with van der Waals surface area (Å²) in [5.41, 5.74) is 14.9. The zero-order valence-electron chi connectivity index (χ0n) is 20.4. The number of fused-ring (bicyclic) bond motifs is 8. The molecular weight excluding hydrogens is 453 g/mol. The van der Waals surface area contributed by atoms with Crippen molar-refractivity contribution in [2.24, 2.45) is 0 Å². The Morgan fingerprint density at radius 2 is 1.75 bits per heavy atom. The summed E-state index contributed by atoms with van der Waals surface area (Å²) in [5.74, 6) is 0.0812. The van der Waals surface area contributed by atoms with Gasteiger partial charge < -0.3 is 15.8 Å². The number of benzene rings is 3. The molecule has 2 unspecified atom stereocenters. The zero-order valence-corrected chi connectivity index (χ0v) is 20.4. The van der Waals surface area contributed by atoms with Crippen LogP contribution in [0.2, 0.25) is 0 Å². The number of ether oxygens (including phenoxy) is 1. The van der Waals surface area contributed by atoms with Crippen molar-refractivity contribution >= 4 is 11.7 Å². The molecule has 180 valence electrons. The third-order valence-electron chi connectivity index (χ3n) is 7.49. The molecule has 5 nitrogen and oxygen atoms in total. The molecule has 0 saturated heterocycles. The molecule has 0 radical (unpaired) electrons. The van der Waals surface area contributed by atoms with Crippen LogP contribution in [0.1, 0.15) is 62.5 Å². The number of nitrogens with one attached hydrogen (secondary N) is 1. The summed E-state index contributed by atoms with van der Waals surface area (Å²) >= 11 is 0. The summed E-state index contributed by atoms with van der Waals surface area (Å²) in [6.07, 6.45) is -0.191. The van der Waals surface area contributed by atoms with Gasteiger partial charge in [-0.05, 0) is 102 Å². The number of anilines is 1. The van der Waals surface area contributed by atoms with Gasteiger partial charge in [-0.2, -0.15) is 0 Å². The van der Waals surface area contributed by atoms with Gasteiger partial charge in [0.1, 0.15) is 23.3 Å². The summed E-state index contributed by atoms with van der Waals surface area (Å²) < 4.78 is 19.9. The average Bonchev–Trinajstić information content (AvgIpc) is 3.32. The first kappa shape index (κ1) is 22.4. The van der Waals surface area contributed by atoms with E-state index < -0.39 is 5.60 Å². The number of carbonyl (C=O) groups excluding carboxylic acids is 1. The van der Waals surface area contributed by atoms with E-state index >= 15 is 0 Å². The van der Waals surface area contributed by atoms with E-state index in [4.69, 9.17) is 10.5 Å². The lowest BCUT2D eigenvalue weighted by molar-refractivity contribution is 0.00900. The number of amides is 1. The number of hydrogen-bond donors (Lipinski definition) is 2. The number of aromatic nitrogens is 1. The Balaban J connectivity index is 1.28. The predicted molar refractivity (Wildman–Crippen MR) is 137 cm³/mol. The van der Waals surface area contributed by atoms with Gasteiger partial charge in [-0.25, -0.2) is 9.37 Å². The predicted octanol–water partition coefficient (Wildman–Crippen LogP) is 5.71. The first-order valence-electron chi connectivity index (χ1n) is 12.0. The van der Waals surface area contributed by atoms with Crippen molar-refractivity contribution in [3.05, 3.63) is 117 Å². The van der Waals surface area contributed by atoms with Gasteiger partial charge in [0.2, 0.25) is 0 Å². The number of carbonyl (C=O) groups is 1. The van der Waals surface area contributed by atoms with Crippen LogP contribution < -0.4 is 11.1 Å². The van der Waals surface area contributed by atoms with Gasteiger partial charge >= 0.3 is 0 Å². The van der Waals surface area contributed by atoms with Gasteiger partial charge in [0.05, 0.1) is 0 Å². The molecule has 3 N–H and O–H groups in total. The summed E-state index contributed by atoms with van der Waals surface area (Å²) in [4.78, 5) is 17.4. The van der Waals surface area contributed by atoms with E-state index in [0.717, 1.165) is 50.2 Å². The Bertz CT molecular complexity index is 1520. The van der Waals surface area contributed by atoms with E-state index in [9.17, 15) is 9.18 Å². The van der Waals surface area contributed by atoms with Gasteiger partial charge in [0.25, 0.3) is 5.91 Å². The smallest absolute Gasteiger partial charge is 0.251 e. The van der Waals surface area contributed by atoms with Crippen molar-refractivity contribution in [2.75, 3.05) is 5.73 Å². The van der Waals surface area contributed by atoms with Crippen LogP contribution in [0.5, 0.6) is 0 Å². The fourth-order valence-corrected chi connectivity index (χ4v) is 5.60. The monoisotopic (exact) mass is 479 g/mol.